The van der Waals surface area contributed by atoms with E-state index in [9.17, 15) is 0 Å². The summed E-state index contributed by atoms with van der Waals surface area (Å²) in [5.41, 5.74) is 0.361. The molecule has 1 rings (SSSR count). The molecule has 2 heteroatoms. The van der Waals surface area contributed by atoms with Crippen LogP contribution in [0.25, 0.3) is 0 Å². The lowest BCUT2D eigenvalue weighted by molar-refractivity contribution is 0.234. The molecule has 0 aromatic heterocycles. The van der Waals surface area contributed by atoms with E-state index in [0.29, 0.717) is 11.3 Å². The number of hydrogen-bond donors (Lipinski definition) is 1. The largest absolute Gasteiger partial charge is 0.494 e. The molecule has 0 saturated carbocycles. The van der Waals surface area contributed by atoms with E-state index >= 15 is 0 Å². The van der Waals surface area contributed by atoms with Gasteiger partial charge in [-0.3, -0.25) is 0 Å². The summed E-state index contributed by atoms with van der Waals surface area (Å²) < 4.78 is 5.65. The molecular weight excluding hydrogens is 222 g/mol. The zero-order valence-corrected chi connectivity index (χ0v) is 12.2. The Morgan fingerprint density at radius 3 is 2.44 bits per heavy atom. The maximum Gasteiger partial charge on any atom is 0.119 e. The molecule has 0 atom stereocenters. The zero-order valence-electron chi connectivity index (χ0n) is 12.2. The number of ether oxygens (including phenoxy) is 1. The van der Waals surface area contributed by atoms with Crippen LogP contribution in [0.4, 0.5) is 0 Å². The summed E-state index contributed by atoms with van der Waals surface area (Å²) in [5, 5.41) is 3.51. The molecule has 1 N–H and O–H groups in total. The minimum absolute atomic E-state index is 0.361. The highest BCUT2D eigenvalue weighted by Crippen LogP contribution is 2.24. The third kappa shape index (κ3) is 5.54. The first-order valence-electron chi connectivity index (χ1n) is 6.91. The van der Waals surface area contributed by atoms with Crippen LogP contribution in [0.5, 0.6) is 5.75 Å². The first-order chi connectivity index (χ1) is 8.52. The molecule has 0 aliphatic rings. The van der Waals surface area contributed by atoms with E-state index in [1.165, 1.54) is 0 Å². The van der Waals surface area contributed by atoms with E-state index in [-0.39, 0.29) is 0 Å². The van der Waals surface area contributed by atoms with E-state index in [0.717, 1.165) is 31.9 Å². The van der Waals surface area contributed by atoms with Crippen molar-refractivity contribution < 1.29 is 4.74 Å². The summed E-state index contributed by atoms with van der Waals surface area (Å²) in [6, 6.07) is 9.99. The number of para-hydroxylation sites is 1. The van der Waals surface area contributed by atoms with Gasteiger partial charge in [-0.1, -0.05) is 45.9 Å². The van der Waals surface area contributed by atoms with E-state index in [4.69, 9.17) is 4.74 Å². The Balaban J connectivity index is 2.06. The van der Waals surface area contributed by atoms with Crippen LogP contribution in [0.15, 0.2) is 30.3 Å². The van der Waals surface area contributed by atoms with Gasteiger partial charge in [-0.05, 0) is 36.4 Å². The van der Waals surface area contributed by atoms with E-state index in [1.54, 1.807) is 0 Å². The second kappa shape index (κ2) is 7.42. The lowest BCUT2D eigenvalue weighted by Crippen LogP contribution is -2.34. The van der Waals surface area contributed by atoms with Gasteiger partial charge in [0.15, 0.2) is 0 Å². The summed E-state index contributed by atoms with van der Waals surface area (Å²) >= 11 is 0. The van der Waals surface area contributed by atoms with Gasteiger partial charge in [0, 0.05) is 6.54 Å². The van der Waals surface area contributed by atoms with Gasteiger partial charge in [0.25, 0.3) is 0 Å². The highest BCUT2D eigenvalue weighted by molar-refractivity contribution is 5.20. The van der Waals surface area contributed by atoms with Crippen molar-refractivity contribution in [1.82, 2.24) is 5.32 Å². The van der Waals surface area contributed by atoms with Crippen LogP contribution in [0.1, 0.15) is 34.1 Å². The normalized spacial score (nSPS) is 11.8. The Labute approximate surface area is 112 Å². The Kier molecular flexibility index (Phi) is 6.20. The van der Waals surface area contributed by atoms with Gasteiger partial charge < -0.3 is 10.1 Å². The Hall–Kier alpha value is -1.02. The maximum absolute atomic E-state index is 5.65. The molecule has 0 heterocycles. The number of hydrogen-bond acceptors (Lipinski definition) is 2. The lowest BCUT2D eigenvalue weighted by atomic mass is 9.81. The van der Waals surface area contributed by atoms with Crippen LogP contribution < -0.4 is 10.1 Å². The van der Waals surface area contributed by atoms with Crippen molar-refractivity contribution in [3.63, 3.8) is 0 Å². The van der Waals surface area contributed by atoms with Gasteiger partial charge in [-0.25, -0.2) is 0 Å². The van der Waals surface area contributed by atoms with Crippen LogP contribution in [0.3, 0.4) is 0 Å². The third-order valence-electron chi connectivity index (χ3n) is 3.65. The SMILES string of the molecule is CC(C)C(C)(C)CNCCCOc1ccccc1. The molecule has 18 heavy (non-hydrogen) atoms. The zero-order chi connectivity index (χ0) is 13.4. The molecule has 102 valence electrons. The predicted molar refractivity (Wildman–Crippen MR) is 78.0 cm³/mol. The smallest absolute Gasteiger partial charge is 0.119 e. The van der Waals surface area contributed by atoms with Crippen LogP contribution in [-0.2, 0) is 0 Å². The quantitative estimate of drug-likeness (QED) is 0.709. The van der Waals surface area contributed by atoms with Crippen LogP contribution in [-0.4, -0.2) is 19.7 Å². The highest BCUT2D eigenvalue weighted by Gasteiger charge is 2.21. The molecule has 0 aliphatic heterocycles. The summed E-state index contributed by atoms with van der Waals surface area (Å²) in [5.74, 6) is 1.66. The van der Waals surface area contributed by atoms with Crippen LogP contribution >= 0.6 is 0 Å². The second-order valence-corrected chi connectivity index (χ2v) is 5.84. The molecule has 0 bridgehead atoms. The molecule has 2 nitrogen and oxygen atoms in total. The van der Waals surface area contributed by atoms with Gasteiger partial charge in [0.2, 0.25) is 0 Å². The highest BCUT2D eigenvalue weighted by atomic mass is 16.5. The van der Waals surface area contributed by atoms with Crippen molar-refractivity contribution in [2.45, 2.75) is 34.1 Å². The Morgan fingerprint density at radius 1 is 1.17 bits per heavy atom. The average molecular weight is 249 g/mol. The van der Waals surface area contributed by atoms with Crippen molar-refractivity contribution in [3.05, 3.63) is 30.3 Å². The number of rotatable bonds is 8. The van der Waals surface area contributed by atoms with Gasteiger partial charge in [-0.2, -0.15) is 0 Å². The van der Waals surface area contributed by atoms with E-state index in [2.05, 4.69) is 33.0 Å². The molecule has 0 saturated heterocycles. The monoisotopic (exact) mass is 249 g/mol. The molecule has 0 fully saturated rings. The van der Waals surface area contributed by atoms with Gasteiger partial charge >= 0.3 is 0 Å². The van der Waals surface area contributed by atoms with Gasteiger partial charge in [0.1, 0.15) is 5.75 Å². The molecule has 0 radical (unpaired) electrons. The number of benzene rings is 1. The van der Waals surface area contributed by atoms with Crippen molar-refractivity contribution in [2.24, 2.45) is 11.3 Å². The Bertz CT molecular complexity index is 319. The van der Waals surface area contributed by atoms with E-state index < -0.39 is 0 Å². The maximum atomic E-state index is 5.65. The Morgan fingerprint density at radius 2 is 1.83 bits per heavy atom. The van der Waals surface area contributed by atoms with Crippen molar-refractivity contribution in [1.29, 1.82) is 0 Å². The topological polar surface area (TPSA) is 21.3 Å². The molecule has 0 spiro atoms. The summed E-state index contributed by atoms with van der Waals surface area (Å²) in [6.45, 7) is 12.0. The fourth-order valence-electron chi connectivity index (χ4n) is 1.52. The van der Waals surface area contributed by atoms with Gasteiger partial charge in [0.05, 0.1) is 6.61 Å². The second-order valence-electron chi connectivity index (χ2n) is 5.84. The predicted octanol–water partition coefficient (Wildman–Crippen LogP) is 3.73. The molecule has 1 aromatic rings. The first kappa shape index (κ1) is 15.0. The minimum Gasteiger partial charge on any atom is -0.494 e. The minimum atomic E-state index is 0.361. The van der Waals surface area contributed by atoms with Crippen LogP contribution in [0.2, 0.25) is 0 Å². The summed E-state index contributed by atoms with van der Waals surface area (Å²) in [6.07, 6.45) is 1.04. The molecule has 0 unspecified atom stereocenters. The fourth-order valence-corrected chi connectivity index (χ4v) is 1.52. The molecule has 0 amide bonds. The summed E-state index contributed by atoms with van der Waals surface area (Å²) in [7, 11) is 0. The average Bonchev–Trinajstić information content (AvgIpc) is 2.34. The van der Waals surface area contributed by atoms with Gasteiger partial charge in [-0.15, -0.1) is 0 Å². The first-order valence-corrected chi connectivity index (χ1v) is 6.91. The molecule has 1 aromatic carbocycles. The molecule has 0 aliphatic carbocycles. The van der Waals surface area contributed by atoms with Crippen molar-refractivity contribution in [2.75, 3.05) is 19.7 Å². The third-order valence-corrected chi connectivity index (χ3v) is 3.65. The van der Waals surface area contributed by atoms with Crippen molar-refractivity contribution in [3.8, 4) is 5.75 Å². The van der Waals surface area contributed by atoms with E-state index in [1.807, 2.05) is 30.3 Å². The standard InChI is InChI=1S/C16H27NO/c1-14(2)16(3,4)13-17-11-8-12-18-15-9-6-5-7-10-15/h5-7,9-10,14,17H,8,11-13H2,1-4H3. The van der Waals surface area contributed by atoms with Crippen LogP contribution in [0, 0.1) is 11.3 Å². The van der Waals surface area contributed by atoms with Crippen molar-refractivity contribution >= 4 is 0 Å². The fraction of sp³-hybridized carbons (Fsp3) is 0.625. The molecular formula is C16H27NO. The summed E-state index contributed by atoms with van der Waals surface area (Å²) in [4.78, 5) is 0. The number of nitrogens with one attached hydrogen (secondary N) is 1. The lowest BCUT2D eigenvalue weighted by Gasteiger charge is -2.29.